The quantitative estimate of drug-likeness (QED) is 0.439. The Labute approximate surface area is 172 Å². The fourth-order valence-electron chi connectivity index (χ4n) is 2.31. The Kier molecular flexibility index (Phi) is 7.02. The molecule has 0 atom stereocenters. The highest BCUT2D eigenvalue weighted by atomic mass is 35.5. The third kappa shape index (κ3) is 6.51. The fourth-order valence-corrected chi connectivity index (χ4v) is 2.50. The summed E-state index contributed by atoms with van der Waals surface area (Å²) in [7, 11) is 0. The molecule has 0 aliphatic rings. The van der Waals surface area contributed by atoms with Crippen molar-refractivity contribution >= 4 is 29.6 Å². The van der Waals surface area contributed by atoms with Crippen molar-refractivity contribution in [2.45, 2.75) is 6.54 Å². The molecule has 0 saturated heterocycles. The van der Waals surface area contributed by atoms with Crippen LogP contribution >= 0.6 is 11.6 Å². The van der Waals surface area contributed by atoms with Gasteiger partial charge in [0, 0.05) is 10.6 Å². The van der Waals surface area contributed by atoms with Crippen LogP contribution in [0.3, 0.4) is 0 Å². The van der Waals surface area contributed by atoms with Crippen molar-refractivity contribution < 1.29 is 18.7 Å². The van der Waals surface area contributed by atoms with E-state index in [0.29, 0.717) is 28.6 Å². The summed E-state index contributed by atoms with van der Waals surface area (Å²) in [5.41, 5.74) is 3.61. The van der Waals surface area contributed by atoms with E-state index in [1.165, 1.54) is 6.21 Å². The molecular weight excluding hydrogens is 394 g/mol. The topological polar surface area (TPSA) is 92.9 Å². The summed E-state index contributed by atoms with van der Waals surface area (Å²) < 4.78 is 10.6. The third-order valence-electron chi connectivity index (χ3n) is 3.76. The van der Waals surface area contributed by atoms with Gasteiger partial charge in [0.15, 0.2) is 6.61 Å². The zero-order chi connectivity index (χ0) is 20.5. The first-order chi connectivity index (χ1) is 14.1. The van der Waals surface area contributed by atoms with Gasteiger partial charge >= 0.3 is 0 Å². The largest absolute Gasteiger partial charge is 0.484 e. The molecule has 0 fully saturated rings. The van der Waals surface area contributed by atoms with E-state index in [4.69, 9.17) is 20.8 Å². The molecule has 1 aromatic heterocycles. The lowest BCUT2D eigenvalue weighted by molar-refractivity contribution is -0.123. The standard InChI is InChI=1S/C21H18ClN3O4/c22-17-4-1-3-16(11-17)21(27)25-24-12-15-6-8-18(9-7-15)29-14-20(26)23-13-19-5-2-10-28-19/h1-12H,13-14H2,(H,23,26)(H,25,27)/b24-12-. The van der Waals surface area contributed by atoms with Crippen molar-refractivity contribution in [3.8, 4) is 5.75 Å². The maximum atomic E-state index is 12.0. The Morgan fingerprint density at radius 2 is 1.93 bits per heavy atom. The number of hydrogen-bond acceptors (Lipinski definition) is 5. The Hall–Kier alpha value is -3.58. The van der Waals surface area contributed by atoms with Crippen LogP contribution in [0.2, 0.25) is 5.02 Å². The number of hydrazone groups is 1. The smallest absolute Gasteiger partial charge is 0.271 e. The van der Waals surface area contributed by atoms with Gasteiger partial charge in [-0.25, -0.2) is 5.43 Å². The molecule has 2 amide bonds. The normalized spacial score (nSPS) is 10.7. The second-order valence-electron chi connectivity index (χ2n) is 5.92. The van der Waals surface area contributed by atoms with Crippen molar-refractivity contribution in [3.63, 3.8) is 0 Å². The first-order valence-corrected chi connectivity index (χ1v) is 9.09. The number of hydrogen-bond donors (Lipinski definition) is 2. The monoisotopic (exact) mass is 411 g/mol. The molecule has 0 radical (unpaired) electrons. The van der Waals surface area contributed by atoms with Crippen LogP contribution in [0.4, 0.5) is 0 Å². The van der Waals surface area contributed by atoms with Crippen LogP contribution in [-0.2, 0) is 11.3 Å². The van der Waals surface area contributed by atoms with E-state index in [-0.39, 0.29) is 18.4 Å². The number of halogens is 1. The molecule has 148 valence electrons. The third-order valence-corrected chi connectivity index (χ3v) is 3.99. The minimum absolute atomic E-state index is 0.107. The Balaban J connectivity index is 1.42. The summed E-state index contributed by atoms with van der Waals surface area (Å²) in [5.74, 6) is 0.600. The predicted molar refractivity (Wildman–Crippen MR) is 109 cm³/mol. The minimum Gasteiger partial charge on any atom is -0.484 e. The van der Waals surface area contributed by atoms with Gasteiger partial charge in [0.2, 0.25) is 0 Å². The van der Waals surface area contributed by atoms with Gasteiger partial charge in [-0.1, -0.05) is 17.7 Å². The lowest BCUT2D eigenvalue weighted by Crippen LogP contribution is -2.28. The van der Waals surface area contributed by atoms with Gasteiger partial charge in [-0.2, -0.15) is 5.10 Å². The van der Waals surface area contributed by atoms with Gasteiger partial charge < -0.3 is 14.5 Å². The SMILES string of the molecule is O=C(COc1ccc(/C=N\NC(=O)c2cccc(Cl)c2)cc1)NCc1ccco1. The average Bonchev–Trinajstić information content (AvgIpc) is 3.25. The second-order valence-corrected chi connectivity index (χ2v) is 6.36. The number of nitrogens with zero attached hydrogens (tertiary/aromatic N) is 1. The average molecular weight is 412 g/mol. The Morgan fingerprint density at radius 3 is 2.66 bits per heavy atom. The van der Waals surface area contributed by atoms with Gasteiger partial charge in [0.25, 0.3) is 11.8 Å². The van der Waals surface area contributed by atoms with Crippen molar-refractivity contribution in [2.75, 3.05) is 6.61 Å². The Morgan fingerprint density at radius 1 is 1.10 bits per heavy atom. The summed E-state index contributed by atoms with van der Waals surface area (Å²) >= 11 is 5.86. The number of carbonyl (C=O) groups is 2. The first kappa shape index (κ1) is 20.2. The Bertz CT molecular complexity index is 985. The molecule has 1 heterocycles. The van der Waals surface area contributed by atoms with Crippen molar-refractivity contribution in [3.05, 3.63) is 88.8 Å². The maximum Gasteiger partial charge on any atom is 0.271 e. The lowest BCUT2D eigenvalue weighted by atomic mass is 10.2. The van der Waals surface area contributed by atoms with Crippen LogP contribution in [0.5, 0.6) is 5.75 Å². The summed E-state index contributed by atoms with van der Waals surface area (Å²) in [6, 6.07) is 17.0. The molecule has 8 heteroatoms. The summed E-state index contributed by atoms with van der Waals surface area (Å²) in [5, 5.41) is 7.09. The molecule has 7 nitrogen and oxygen atoms in total. The van der Waals surface area contributed by atoms with Crippen LogP contribution in [0.25, 0.3) is 0 Å². The van der Waals surface area contributed by atoms with Crippen LogP contribution in [-0.4, -0.2) is 24.6 Å². The molecule has 2 aromatic carbocycles. The van der Waals surface area contributed by atoms with E-state index in [1.807, 2.05) is 0 Å². The summed E-state index contributed by atoms with van der Waals surface area (Å²) in [6.45, 7) is 0.204. The van der Waals surface area contributed by atoms with Crippen LogP contribution < -0.4 is 15.5 Å². The van der Waals surface area contributed by atoms with E-state index >= 15 is 0 Å². The number of benzene rings is 2. The van der Waals surface area contributed by atoms with E-state index in [9.17, 15) is 9.59 Å². The molecule has 2 N–H and O–H groups in total. The fraction of sp³-hybridized carbons (Fsp3) is 0.0952. The number of furan rings is 1. The minimum atomic E-state index is -0.357. The van der Waals surface area contributed by atoms with Crippen molar-refractivity contribution in [1.29, 1.82) is 0 Å². The molecule has 0 spiro atoms. The number of ether oxygens (including phenoxy) is 1. The molecular formula is C21H18ClN3O4. The summed E-state index contributed by atoms with van der Waals surface area (Å²) in [6.07, 6.45) is 3.05. The zero-order valence-corrected chi connectivity index (χ0v) is 16.1. The van der Waals surface area contributed by atoms with Gasteiger partial charge in [-0.3, -0.25) is 9.59 Å². The molecule has 0 aliphatic heterocycles. The summed E-state index contributed by atoms with van der Waals surface area (Å²) in [4.78, 5) is 23.7. The number of carbonyl (C=O) groups excluding carboxylic acids is 2. The van der Waals surface area contributed by atoms with E-state index in [0.717, 1.165) is 5.56 Å². The molecule has 0 saturated carbocycles. The number of rotatable bonds is 8. The predicted octanol–water partition coefficient (Wildman–Crippen LogP) is 3.39. The van der Waals surface area contributed by atoms with E-state index in [2.05, 4.69) is 15.8 Å². The highest BCUT2D eigenvalue weighted by Crippen LogP contribution is 2.12. The van der Waals surface area contributed by atoms with Gasteiger partial charge in [0.1, 0.15) is 11.5 Å². The first-order valence-electron chi connectivity index (χ1n) is 8.71. The zero-order valence-electron chi connectivity index (χ0n) is 15.3. The second kappa shape index (κ2) is 10.1. The molecule has 3 aromatic rings. The van der Waals surface area contributed by atoms with E-state index < -0.39 is 0 Å². The van der Waals surface area contributed by atoms with Crippen LogP contribution in [0.1, 0.15) is 21.7 Å². The molecule has 3 rings (SSSR count). The van der Waals surface area contributed by atoms with Crippen LogP contribution in [0, 0.1) is 0 Å². The maximum absolute atomic E-state index is 12.0. The number of amides is 2. The molecule has 29 heavy (non-hydrogen) atoms. The van der Waals surface area contributed by atoms with Gasteiger partial charge in [-0.15, -0.1) is 0 Å². The number of nitrogens with one attached hydrogen (secondary N) is 2. The van der Waals surface area contributed by atoms with Gasteiger partial charge in [-0.05, 0) is 60.2 Å². The highest BCUT2D eigenvalue weighted by molar-refractivity contribution is 6.30. The lowest BCUT2D eigenvalue weighted by Gasteiger charge is -2.06. The molecule has 0 unspecified atom stereocenters. The van der Waals surface area contributed by atoms with E-state index in [1.54, 1.807) is 66.9 Å². The van der Waals surface area contributed by atoms with Gasteiger partial charge in [0.05, 0.1) is 19.0 Å². The molecule has 0 aliphatic carbocycles. The van der Waals surface area contributed by atoms with Crippen LogP contribution in [0.15, 0.2) is 76.4 Å². The molecule has 0 bridgehead atoms. The van der Waals surface area contributed by atoms with Crippen molar-refractivity contribution in [2.24, 2.45) is 5.10 Å². The van der Waals surface area contributed by atoms with Crippen molar-refractivity contribution in [1.82, 2.24) is 10.7 Å². The highest BCUT2D eigenvalue weighted by Gasteiger charge is 2.05.